The van der Waals surface area contributed by atoms with Crippen LogP contribution in [0, 0.1) is 11.2 Å². The molecule has 1 atom stereocenters. The molecule has 0 unspecified atom stereocenters. The predicted octanol–water partition coefficient (Wildman–Crippen LogP) is 3.54. The highest BCUT2D eigenvalue weighted by Gasteiger charge is 2.44. The average Bonchev–Trinajstić information content (AvgIpc) is 3.10. The molecular formula is C24H27FN2O5. The highest BCUT2D eigenvalue weighted by molar-refractivity contribution is 5.97. The van der Waals surface area contributed by atoms with Crippen molar-refractivity contribution in [3.05, 3.63) is 59.9 Å². The van der Waals surface area contributed by atoms with Crippen molar-refractivity contribution in [2.45, 2.75) is 33.2 Å². The van der Waals surface area contributed by atoms with Crippen molar-refractivity contribution in [1.82, 2.24) is 10.2 Å². The smallest absolute Gasteiger partial charge is 0.328 e. The number of carbonyl (C=O) groups excluding carboxylic acids is 3. The van der Waals surface area contributed by atoms with Crippen LogP contribution in [0.2, 0.25) is 0 Å². The SMILES string of the molecule is CCOC(=O)[C@@H]1CC(C)(C)CN1C(=O)CNC(=O)c1ccc(Oc2ccc(F)cc2)cc1. The highest BCUT2D eigenvalue weighted by Crippen LogP contribution is 2.34. The molecule has 1 aliphatic heterocycles. The summed E-state index contributed by atoms with van der Waals surface area (Å²) in [4.78, 5) is 38.9. The van der Waals surface area contributed by atoms with Crippen molar-refractivity contribution in [1.29, 1.82) is 0 Å². The monoisotopic (exact) mass is 442 g/mol. The van der Waals surface area contributed by atoms with E-state index in [2.05, 4.69) is 5.32 Å². The normalized spacial score (nSPS) is 17.0. The van der Waals surface area contributed by atoms with Crippen molar-refractivity contribution < 1.29 is 28.2 Å². The van der Waals surface area contributed by atoms with E-state index in [0.29, 0.717) is 30.0 Å². The van der Waals surface area contributed by atoms with E-state index in [4.69, 9.17) is 9.47 Å². The maximum Gasteiger partial charge on any atom is 0.328 e. The number of nitrogens with one attached hydrogen (secondary N) is 1. The Morgan fingerprint density at radius 2 is 1.66 bits per heavy atom. The number of esters is 1. The zero-order valence-electron chi connectivity index (χ0n) is 18.4. The molecule has 0 aliphatic carbocycles. The van der Waals surface area contributed by atoms with Crippen molar-refractivity contribution >= 4 is 17.8 Å². The number of amides is 2. The van der Waals surface area contributed by atoms with Gasteiger partial charge in [-0.3, -0.25) is 9.59 Å². The van der Waals surface area contributed by atoms with Gasteiger partial charge in [0.1, 0.15) is 23.4 Å². The summed E-state index contributed by atoms with van der Waals surface area (Å²) in [6, 6.07) is 11.3. The van der Waals surface area contributed by atoms with Crippen LogP contribution in [0.3, 0.4) is 0 Å². The van der Waals surface area contributed by atoms with E-state index in [9.17, 15) is 18.8 Å². The maximum absolute atomic E-state index is 13.0. The first-order valence-corrected chi connectivity index (χ1v) is 10.5. The molecule has 0 bridgehead atoms. The average molecular weight is 442 g/mol. The summed E-state index contributed by atoms with van der Waals surface area (Å²) < 4.78 is 23.7. The van der Waals surface area contributed by atoms with Gasteiger partial charge in [-0.25, -0.2) is 9.18 Å². The van der Waals surface area contributed by atoms with Gasteiger partial charge in [-0.15, -0.1) is 0 Å². The molecule has 1 heterocycles. The molecule has 1 aliphatic rings. The number of ether oxygens (including phenoxy) is 2. The van der Waals surface area contributed by atoms with Gasteiger partial charge in [0, 0.05) is 12.1 Å². The van der Waals surface area contributed by atoms with Crippen molar-refractivity contribution in [3.63, 3.8) is 0 Å². The van der Waals surface area contributed by atoms with E-state index in [1.54, 1.807) is 31.2 Å². The summed E-state index contributed by atoms with van der Waals surface area (Å²) in [5.41, 5.74) is 0.144. The van der Waals surface area contributed by atoms with Crippen LogP contribution >= 0.6 is 0 Å². The molecule has 170 valence electrons. The molecule has 0 spiro atoms. The zero-order chi connectivity index (χ0) is 23.3. The highest BCUT2D eigenvalue weighted by atomic mass is 19.1. The second-order valence-corrected chi connectivity index (χ2v) is 8.42. The van der Waals surface area contributed by atoms with Gasteiger partial charge in [-0.2, -0.15) is 0 Å². The van der Waals surface area contributed by atoms with Crippen molar-refractivity contribution in [2.24, 2.45) is 5.41 Å². The number of rotatable bonds is 7. The summed E-state index contributed by atoms with van der Waals surface area (Å²) in [7, 11) is 0. The molecule has 0 radical (unpaired) electrons. The Kier molecular flexibility index (Phi) is 7.12. The largest absolute Gasteiger partial charge is 0.464 e. The van der Waals surface area contributed by atoms with Gasteiger partial charge in [0.2, 0.25) is 5.91 Å². The summed E-state index contributed by atoms with van der Waals surface area (Å²) >= 11 is 0. The third-order valence-corrected chi connectivity index (χ3v) is 5.17. The molecule has 2 amide bonds. The van der Waals surface area contributed by atoms with Gasteiger partial charge in [-0.1, -0.05) is 13.8 Å². The van der Waals surface area contributed by atoms with Crippen LogP contribution in [-0.4, -0.2) is 48.4 Å². The molecule has 7 nitrogen and oxygen atoms in total. The third kappa shape index (κ3) is 5.84. The molecule has 0 saturated carbocycles. The van der Waals surface area contributed by atoms with E-state index >= 15 is 0 Å². The Hall–Kier alpha value is -3.42. The number of benzene rings is 2. The van der Waals surface area contributed by atoms with Crippen LogP contribution in [0.1, 0.15) is 37.6 Å². The molecular weight excluding hydrogens is 415 g/mol. The second kappa shape index (κ2) is 9.80. The summed E-state index contributed by atoms with van der Waals surface area (Å²) in [5.74, 6) is -0.574. The first-order valence-electron chi connectivity index (χ1n) is 10.5. The first-order chi connectivity index (χ1) is 15.2. The van der Waals surface area contributed by atoms with Gasteiger partial charge < -0.3 is 19.7 Å². The third-order valence-electron chi connectivity index (χ3n) is 5.17. The van der Waals surface area contributed by atoms with Crippen molar-refractivity contribution in [2.75, 3.05) is 19.7 Å². The van der Waals surface area contributed by atoms with E-state index in [1.165, 1.54) is 29.2 Å². The Bertz CT molecular complexity index is 973. The van der Waals surface area contributed by atoms with Crippen molar-refractivity contribution in [3.8, 4) is 11.5 Å². The summed E-state index contributed by atoms with van der Waals surface area (Å²) in [6.45, 7) is 6.14. The van der Waals surface area contributed by atoms with Crippen LogP contribution in [0.25, 0.3) is 0 Å². The fourth-order valence-corrected chi connectivity index (χ4v) is 3.65. The molecule has 8 heteroatoms. The number of nitrogens with zero attached hydrogens (tertiary/aromatic N) is 1. The van der Waals surface area contributed by atoms with E-state index in [0.717, 1.165) is 0 Å². The Balaban J connectivity index is 1.56. The topological polar surface area (TPSA) is 84.9 Å². The molecule has 0 aromatic heterocycles. The predicted molar refractivity (Wildman–Crippen MR) is 116 cm³/mol. The van der Waals surface area contributed by atoms with Gasteiger partial charge >= 0.3 is 5.97 Å². The first kappa shape index (κ1) is 23.2. The van der Waals surface area contributed by atoms with Gasteiger partial charge in [0.15, 0.2) is 0 Å². The van der Waals surface area contributed by atoms with Crippen LogP contribution in [0.15, 0.2) is 48.5 Å². The molecule has 2 aromatic carbocycles. The molecule has 1 N–H and O–H groups in total. The lowest BCUT2D eigenvalue weighted by Crippen LogP contribution is -2.46. The molecule has 1 fully saturated rings. The molecule has 1 saturated heterocycles. The number of likely N-dealkylation sites (tertiary alicyclic amines) is 1. The Labute approximate surface area is 186 Å². The lowest BCUT2D eigenvalue weighted by atomic mass is 9.91. The summed E-state index contributed by atoms with van der Waals surface area (Å²) in [6.07, 6.45) is 0.515. The lowest BCUT2D eigenvalue weighted by molar-refractivity contribution is -0.152. The van der Waals surface area contributed by atoms with Gasteiger partial charge in [0.25, 0.3) is 5.91 Å². The molecule has 32 heavy (non-hydrogen) atoms. The second-order valence-electron chi connectivity index (χ2n) is 8.42. The van der Waals surface area contributed by atoms with E-state index < -0.39 is 17.9 Å². The minimum absolute atomic E-state index is 0.211. The zero-order valence-corrected chi connectivity index (χ0v) is 18.4. The van der Waals surface area contributed by atoms with Crippen LogP contribution < -0.4 is 10.1 Å². The fourth-order valence-electron chi connectivity index (χ4n) is 3.65. The number of hydrogen-bond donors (Lipinski definition) is 1. The van der Waals surface area contributed by atoms with E-state index in [1.807, 2.05) is 13.8 Å². The summed E-state index contributed by atoms with van der Waals surface area (Å²) in [5, 5.41) is 2.61. The maximum atomic E-state index is 13.0. The van der Waals surface area contributed by atoms with Crippen LogP contribution in [0.4, 0.5) is 4.39 Å². The Morgan fingerprint density at radius 3 is 2.25 bits per heavy atom. The minimum atomic E-state index is -0.641. The molecule has 3 rings (SSSR count). The van der Waals surface area contributed by atoms with Gasteiger partial charge in [0.05, 0.1) is 13.2 Å². The Morgan fingerprint density at radius 1 is 1.06 bits per heavy atom. The van der Waals surface area contributed by atoms with E-state index in [-0.39, 0.29) is 30.3 Å². The number of hydrogen-bond acceptors (Lipinski definition) is 5. The fraction of sp³-hybridized carbons (Fsp3) is 0.375. The number of halogens is 1. The lowest BCUT2D eigenvalue weighted by Gasteiger charge is -2.23. The molecule has 2 aromatic rings. The minimum Gasteiger partial charge on any atom is -0.464 e. The van der Waals surface area contributed by atoms with Crippen LogP contribution in [-0.2, 0) is 14.3 Å². The standard InChI is InChI=1S/C24H27FN2O5/c1-4-31-23(30)20-13-24(2,3)15-27(20)21(28)14-26-22(29)16-5-9-18(10-6-16)32-19-11-7-17(25)8-12-19/h5-12,20H,4,13-15H2,1-3H3,(H,26,29)/t20-/m0/s1. The number of carbonyl (C=O) groups is 3. The quantitative estimate of drug-likeness (QED) is 0.663. The van der Waals surface area contributed by atoms with Gasteiger partial charge in [-0.05, 0) is 67.3 Å². The van der Waals surface area contributed by atoms with Crippen LogP contribution in [0.5, 0.6) is 11.5 Å².